The summed E-state index contributed by atoms with van der Waals surface area (Å²) in [6, 6.07) is 14.8. The number of hydrogen-bond donors (Lipinski definition) is 1. The van der Waals surface area contributed by atoms with Crippen molar-refractivity contribution in [3.8, 4) is 11.5 Å². The predicted molar refractivity (Wildman–Crippen MR) is 117 cm³/mol. The van der Waals surface area contributed by atoms with Crippen molar-refractivity contribution in [2.24, 2.45) is 5.92 Å². The van der Waals surface area contributed by atoms with Crippen LogP contribution in [0.25, 0.3) is 0 Å². The molecule has 6 nitrogen and oxygen atoms in total. The number of carbonyl (C=O) groups is 1. The van der Waals surface area contributed by atoms with Crippen LogP contribution >= 0.6 is 0 Å². The third-order valence-corrected chi connectivity index (χ3v) is 5.19. The number of aliphatic hydroxyl groups is 1. The minimum absolute atomic E-state index is 0.273. The zero-order valence-electron chi connectivity index (χ0n) is 17.8. The fourth-order valence-corrected chi connectivity index (χ4v) is 3.57. The van der Waals surface area contributed by atoms with Gasteiger partial charge in [0, 0.05) is 6.08 Å². The molecule has 0 heterocycles. The van der Waals surface area contributed by atoms with Gasteiger partial charge in [-0.15, -0.1) is 0 Å². The van der Waals surface area contributed by atoms with Crippen LogP contribution in [0.15, 0.2) is 84.9 Å². The minimum Gasteiger partial charge on any atom is -0.500 e. The highest BCUT2D eigenvalue weighted by Gasteiger charge is 2.46. The Hall–Kier alpha value is -3.51. The van der Waals surface area contributed by atoms with Crippen molar-refractivity contribution < 1.29 is 28.8 Å². The Bertz CT molecular complexity index is 1010. The van der Waals surface area contributed by atoms with E-state index in [1.807, 2.05) is 30.3 Å². The van der Waals surface area contributed by atoms with Gasteiger partial charge in [-0.05, 0) is 35.4 Å². The maximum Gasteiger partial charge on any atom is 0.169 e. The van der Waals surface area contributed by atoms with E-state index in [1.165, 1.54) is 33.5 Å². The van der Waals surface area contributed by atoms with Gasteiger partial charge < -0.3 is 24.1 Å². The molecule has 6 heteroatoms. The highest BCUT2D eigenvalue weighted by Crippen LogP contribution is 2.44. The summed E-state index contributed by atoms with van der Waals surface area (Å²) in [5.41, 5.74) is -0.297. The lowest BCUT2D eigenvalue weighted by molar-refractivity contribution is -0.125. The molecule has 0 bridgehead atoms. The number of carbonyl (C=O) groups excluding carboxylic acids is 1. The van der Waals surface area contributed by atoms with E-state index in [4.69, 9.17) is 18.9 Å². The molecule has 0 aromatic heterocycles. The van der Waals surface area contributed by atoms with Crippen molar-refractivity contribution in [2.75, 3.05) is 21.3 Å². The fraction of sp³-hybridized carbons (Fsp3) is 0.240. The van der Waals surface area contributed by atoms with Gasteiger partial charge in [-0.1, -0.05) is 43.0 Å². The summed E-state index contributed by atoms with van der Waals surface area (Å²) in [5, 5.41) is 11.7. The molecular formula is C25H26O6. The summed E-state index contributed by atoms with van der Waals surface area (Å²) in [6.07, 6.45) is 4.23. The highest BCUT2D eigenvalue weighted by atomic mass is 16.5. The largest absolute Gasteiger partial charge is 0.500 e. The average molecular weight is 422 g/mol. The van der Waals surface area contributed by atoms with E-state index >= 15 is 0 Å². The molecule has 2 unspecified atom stereocenters. The Balaban J connectivity index is 2.00. The maximum absolute atomic E-state index is 12.7. The Kier molecular flexibility index (Phi) is 6.82. The van der Waals surface area contributed by atoms with Gasteiger partial charge in [0.05, 0.1) is 21.3 Å². The van der Waals surface area contributed by atoms with E-state index in [-0.39, 0.29) is 11.5 Å². The number of ether oxygens (including phenoxy) is 4. The number of benzene rings is 2. The molecule has 0 saturated heterocycles. The molecule has 1 aliphatic carbocycles. The van der Waals surface area contributed by atoms with Gasteiger partial charge in [0.25, 0.3) is 0 Å². The number of methoxy groups -OCH3 is 3. The van der Waals surface area contributed by atoms with Crippen molar-refractivity contribution >= 4 is 5.78 Å². The van der Waals surface area contributed by atoms with E-state index in [1.54, 1.807) is 24.3 Å². The third kappa shape index (κ3) is 4.49. The molecule has 2 aromatic carbocycles. The molecule has 3 rings (SSSR count). The van der Waals surface area contributed by atoms with Crippen LogP contribution in [-0.4, -0.2) is 32.2 Å². The van der Waals surface area contributed by atoms with Gasteiger partial charge in [-0.25, -0.2) is 0 Å². The molecule has 2 atom stereocenters. The maximum atomic E-state index is 12.7. The molecule has 0 radical (unpaired) electrons. The van der Waals surface area contributed by atoms with Crippen LogP contribution in [0.5, 0.6) is 11.5 Å². The SMILES string of the molecule is C=CC(=O)C1C(OC)=CC(OC)=CC1(O)c1ccc(OCc2ccccc2)c(OC)c1. The quantitative estimate of drug-likeness (QED) is 0.618. The van der Waals surface area contributed by atoms with Crippen molar-refractivity contribution in [1.29, 1.82) is 0 Å². The zero-order chi connectivity index (χ0) is 22.4. The van der Waals surface area contributed by atoms with E-state index < -0.39 is 11.5 Å². The van der Waals surface area contributed by atoms with Crippen LogP contribution < -0.4 is 9.47 Å². The van der Waals surface area contributed by atoms with Crippen LogP contribution in [0, 0.1) is 5.92 Å². The molecule has 31 heavy (non-hydrogen) atoms. The topological polar surface area (TPSA) is 74.2 Å². The molecule has 0 spiro atoms. The standard InChI is InChI=1S/C25H26O6/c1-5-20(26)24-23(30-4)14-19(28-2)15-25(24,27)18-11-12-21(22(13-18)29-3)31-16-17-9-7-6-8-10-17/h5-15,24,27H,1,16H2,2-4H3. The number of ketones is 1. The van der Waals surface area contributed by atoms with Crippen molar-refractivity contribution in [1.82, 2.24) is 0 Å². The number of allylic oxidation sites excluding steroid dienone is 2. The Morgan fingerprint density at radius 2 is 1.81 bits per heavy atom. The molecule has 1 N–H and O–H groups in total. The Labute approximate surface area is 182 Å². The summed E-state index contributed by atoms with van der Waals surface area (Å²) >= 11 is 0. The van der Waals surface area contributed by atoms with Crippen molar-refractivity contribution in [3.63, 3.8) is 0 Å². The van der Waals surface area contributed by atoms with E-state index in [9.17, 15) is 9.90 Å². The average Bonchev–Trinajstić information content (AvgIpc) is 2.82. The fourth-order valence-electron chi connectivity index (χ4n) is 3.57. The lowest BCUT2D eigenvalue weighted by Crippen LogP contribution is -2.41. The minimum atomic E-state index is -1.73. The molecule has 1 aliphatic rings. The second kappa shape index (κ2) is 9.53. The van der Waals surface area contributed by atoms with Crippen LogP contribution in [-0.2, 0) is 26.5 Å². The Morgan fingerprint density at radius 1 is 1.06 bits per heavy atom. The van der Waals surface area contributed by atoms with E-state index in [2.05, 4.69) is 6.58 Å². The molecule has 2 aromatic rings. The van der Waals surface area contributed by atoms with Crippen LogP contribution in [0.4, 0.5) is 0 Å². The molecule has 0 saturated carbocycles. The lowest BCUT2D eigenvalue weighted by Gasteiger charge is -2.36. The molecule has 0 amide bonds. The molecule has 0 aliphatic heterocycles. The summed E-state index contributed by atoms with van der Waals surface area (Å²) in [6.45, 7) is 3.93. The predicted octanol–water partition coefficient (Wildman–Crippen LogP) is 3.91. The Morgan fingerprint density at radius 3 is 2.42 bits per heavy atom. The lowest BCUT2D eigenvalue weighted by atomic mass is 9.74. The monoisotopic (exact) mass is 422 g/mol. The van der Waals surface area contributed by atoms with Crippen LogP contribution in [0.3, 0.4) is 0 Å². The van der Waals surface area contributed by atoms with Gasteiger partial charge >= 0.3 is 0 Å². The van der Waals surface area contributed by atoms with Crippen LogP contribution in [0.1, 0.15) is 11.1 Å². The molecule has 162 valence electrons. The first-order chi connectivity index (χ1) is 15.0. The van der Waals surface area contributed by atoms with E-state index in [0.717, 1.165) is 5.56 Å². The first-order valence-corrected chi connectivity index (χ1v) is 9.73. The molecular weight excluding hydrogens is 396 g/mol. The smallest absolute Gasteiger partial charge is 0.169 e. The number of hydrogen-bond acceptors (Lipinski definition) is 6. The molecule has 0 fully saturated rings. The van der Waals surface area contributed by atoms with Gasteiger partial charge in [-0.3, -0.25) is 4.79 Å². The summed E-state index contributed by atoms with van der Waals surface area (Å²) < 4.78 is 22.1. The first-order valence-electron chi connectivity index (χ1n) is 9.73. The van der Waals surface area contributed by atoms with Gasteiger partial charge in [0.15, 0.2) is 17.3 Å². The van der Waals surface area contributed by atoms with Crippen LogP contribution in [0.2, 0.25) is 0 Å². The van der Waals surface area contributed by atoms with Gasteiger partial charge in [-0.2, -0.15) is 0 Å². The highest BCUT2D eigenvalue weighted by molar-refractivity contribution is 5.94. The first kappa shape index (κ1) is 22.2. The van der Waals surface area contributed by atoms with Crippen molar-refractivity contribution in [2.45, 2.75) is 12.2 Å². The number of rotatable bonds is 9. The third-order valence-electron chi connectivity index (χ3n) is 5.19. The normalized spacial score (nSPS) is 20.2. The summed E-state index contributed by atoms with van der Waals surface area (Å²) in [4.78, 5) is 12.7. The van der Waals surface area contributed by atoms with Gasteiger partial charge in [0.2, 0.25) is 0 Å². The second-order valence-electron chi connectivity index (χ2n) is 7.01. The van der Waals surface area contributed by atoms with E-state index in [0.29, 0.717) is 29.4 Å². The zero-order valence-corrected chi connectivity index (χ0v) is 17.8. The summed E-state index contributed by atoms with van der Waals surface area (Å²) in [7, 11) is 4.44. The summed E-state index contributed by atoms with van der Waals surface area (Å²) in [5.74, 6) is 0.179. The van der Waals surface area contributed by atoms with Gasteiger partial charge in [0.1, 0.15) is 29.6 Å². The second-order valence-corrected chi connectivity index (χ2v) is 7.01. The van der Waals surface area contributed by atoms with Crippen molar-refractivity contribution in [3.05, 3.63) is 96.0 Å².